The van der Waals surface area contributed by atoms with Crippen LogP contribution in [0.5, 0.6) is 0 Å². The van der Waals surface area contributed by atoms with Gasteiger partial charge in [-0.05, 0) is 48.5 Å². The number of aromatic nitrogens is 4. The van der Waals surface area contributed by atoms with E-state index in [0.29, 0.717) is 27.6 Å². The van der Waals surface area contributed by atoms with Crippen LogP contribution in [-0.4, -0.2) is 45.7 Å². The van der Waals surface area contributed by atoms with E-state index in [1.807, 2.05) is 0 Å². The third kappa shape index (κ3) is 4.17. The molecular formula is C21H17ClN6O3. The average Bonchev–Trinajstić information content (AvgIpc) is 3.22. The van der Waals surface area contributed by atoms with Crippen molar-refractivity contribution < 1.29 is 14.3 Å². The summed E-state index contributed by atoms with van der Waals surface area (Å²) in [6.45, 7) is 0. The minimum atomic E-state index is -0.554. The zero-order chi connectivity index (χ0) is 22.0. The summed E-state index contributed by atoms with van der Waals surface area (Å²) in [5, 5.41) is 3.17. The van der Waals surface area contributed by atoms with E-state index in [-0.39, 0.29) is 11.7 Å². The molecule has 0 bridgehead atoms. The lowest BCUT2D eigenvalue weighted by Gasteiger charge is -2.16. The van der Waals surface area contributed by atoms with E-state index in [1.54, 1.807) is 66.5 Å². The normalized spacial score (nSPS) is 10.7. The molecule has 0 radical (unpaired) electrons. The van der Waals surface area contributed by atoms with Gasteiger partial charge in [0.25, 0.3) is 5.91 Å². The Morgan fingerprint density at radius 3 is 2.45 bits per heavy atom. The fraction of sp³-hybridized carbons (Fsp3) is 0.0952. The number of amides is 2. The van der Waals surface area contributed by atoms with E-state index < -0.39 is 6.09 Å². The first-order valence-electron chi connectivity index (χ1n) is 9.15. The number of fused-ring (bicyclic) bond motifs is 1. The van der Waals surface area contributed by atoms with E-state index in [4.69, 9.17) is 11.6 Å². The number of hydrogen-bond donors (Lipinski definition) is 1. The number of imidazole rings is 1. The summed E-state index contributed by atoms with van der Waals surface area (Å²) in [7, 11) is 2.94. The lowest BCUT2D eigenvalue weighted by atomic mass is 10.2. The van der Waals surface area contributed by atoms with Crippen molar-refractivity contribution in [3.63, 3.8) is 0 Å². The Morgan fingerprint density at radius 2 is 1.77 bits per heavy atom. The molecule has 2 amide bonds. The standard InChI is InChI=1S/C21H17ClN6O3/c1-27(15-7-3-13(22)4-8-15)20(29)18-23-11-17-19(26-18)28(12-24-17)16-9-5-14(6-10-16)25-21(30)31-2/h3-12H,1-2H3,(H,25,30). The Balaban J connectivity index is 1.64. The van der Waals surface area contributed by atoms with Crippen molar-refractivity contribution in [3.05, 3.63) is 71.9 Å². The van der Waals surface area contributed by atoms with Crippen molar-refractivity contribution in [2.24, 2.45) is 0 Å². The second kappa shape index (κ2) is 8.41. The van der Waals surface area contributed by atoms with E-state index in [2.05, 4.69) is 25.0 Å². The van der Waals surface area contributed by atoms with E-state index in [1.165, 1.54) is 18.2 Å². The van der Waals surface area contributed by atoms with Gasteiger partial charge in [0.2, 0.25) is 5.82 Å². The Bertz CT molecular complexity index is 1250. The molecule has 4 rings (SSSR count). The molecule has 0 spiro atoms. The largest absolute Gasteiger partial charge is 0.453 e. The monoisotopic (exact) mass is 436 g/mol. The van der Waals surface area contributed by atoms with E-state index in [9.17, 15) is 9.59 Å². The van der Waals surface area contributed by atoms with Gasteiger partial charge in [0.1, 0.15) is 11.8 Å². The second-order valence-corrected chi connectivity index (χ2v) is 6.96. The highest BCUT2D eigenvalue weighted by atomic mass is 35.5. The molecule has 2 heterocycles. The smallest absolute Gasteiger partial charge is 0.411 e. The van der Waals surface area contributed by atoms with Crippen LogP contribution in [0.3, 0.4) is 0 Å². The molecule has 0 fully saturated rings. The average molecular weight is 437 g/mol. The maximum atomic E-state index is 12.9. The third-order valence-corrected chi connectivity index (χ3v) is 4.83. The number of methoxy groups -OCH3 is 1. The highest BCUT2D eigenvalue weighted by Gasteiger charge is 2.19. The minimum absolute atomic E-state index is 0.0377. The second-order valence-electron chi connectivity index (χ2n) is 6.52. The number of hydrogen-bond acceptors (Lipinski definition) is 6. The topological polar surface area (TPSA) is 102 Å². The molecule has 9 nitrogen and oxygen atoms in total. The predicted molar refractivity (Wildman–Crippen MR) is 117 cm³/mol. The van der Waals surface area contributed by atoms with Gasteiger partial charge in [0.05, 0.1) is 13.3 Å². The van der Waals surface area contributed by atoms with Gasteiger partial charge in [0.15, 0.2) is 5.65 Å². The number of halogens is 1. The number of carbonyl (C=O) groups is 2. The minimum Gasteiger partial charge on any atom is -0.453 e. The molecular weight excluding hydrogens is 420 g/mol. The van der Waals surface area contributed by atoms with Gasteiger partial charge < -0.3 is 9.64 Å². The first-order chi connectivity index (χ1) is 15.0. The Morgan fingerprint density at radius 1 is 1.06 bits per heavy atom. The van der Waals surface area contributed by atoms with Crippen molar-refractivity contribution >= 4 is 46.1 Å². The molecule has 2 aromatic heterocycles. The van der Waals surface area contributed by atoms with E-state index >= 15 is 0 Å². The van der Waals surface area contributed by atoms with Gasteiger partial charge >= 0.3 is 6.09 Å². The number of nitrogens with one attached hydrogen (secondary N) is 1. The van der Waals surface area contributed by atoms with Gasteiger partial charge in [-0.15, -0.1) is 0 Å². The van der Waals surface area contributed by atoms with Crippen LogP contribution in [-0.2, 0) is 4.74 Å². The summed E-state index contributed by atoms with van der Waals surface area (Å²) in [5.74, 6) is -0.328. The number of ether oxygens (including phenoxy) is 1. The maximum Gasteiger partial charge on any atom is 0.411 e. The van der Waals surface area contributed by atoms with Crippen LogP contribution in [0.25, 0.3) is 16.9 Å². The van der Waals surface area contributed by atoms with Crippen molar-refractivity contribution in [3.8, 4) is 5.69 Å². The lowest BCUT2D eigenvalue weighted by molar-refractivity contribution is 0.0983. The first-order valence-corrected chi connectivity index (χ1v) is 9.53. The molecule has 0 saturated carbocycles. The van der Waals surface area contributed by atoms with Gasteiger partial charge in [-0.1, -0.05) is 11.6 Å². The number of nitrogens with zero attached hydrogens (tertiary/aromatic N) is 5. The van der Waals surface area contributed by atoms with Crippen LogP contribution in [0.2, 0.25) is 5.02 Å². The molecule has 0 saturated heterocycles. The molecule has 0 aliphatic heterocycles. The number of benzene rings is 2. The van der Waals surface area contributed by atoms with Gasteiger partial charge in [-0.2, -0.15) is 0 Å². The Labute approximate surface area is 182 Å². The molecule has 31 heavy (non-hydrogen) atoms. The quantitative estimate of drug-likeness (QED) is 0.520. The molecule has 0 aliphatic rings. The Hall–Kier alpha value is -3.98. The van der Waals surface area contributed by atoms with Crippen LogP contribution in [0.4, 0.5) is 16.2 Å². The Kier molecular flexibility index (Phi) is 5.50. The van der Waals surface area contributed by atoms with Gasteiger partial charge in [0, 0.05) is 29.1 Å². The zero-order valence-corrected chi connectivity index (χ0v) is 17.4. The van der Waals surface area contributed by atoms with Crippen molar-refractivity contribution in [2.45, 2.75) is 0 Å². The molecule has 10 heteroatoms. The van der Waals surface area contributed by atoms with Crippen molar-refractivity contribution in [1.29, 1.82) is 0 Å². The van der Waals surface area contributed by atoms with Gasteiger partial charge in [-0.3, -0.25) is 14.7 Å². The van der Waals surface area contributed by atoms with Crippen LogP contribution in [0.1, 0.15) is 10.6 Å². The third-order valence-electron chi connectivity index (χ3n) is 4.58. The molecule has 0 atom stereocenters. The van der Waals surface area contributed by atoms with Crippen LogP contribution in [0.15, 0.2) is 61.1 Å². The molecule has 156 valence electrons. The fourth-order valence-electron chi connectivity index (χ4n) is 2.91. The highest BCUT2D eigenvalue weighted by molar-refractivity contribution is 6.30. The predicted octanol–water partition coefficient (Wildman–Crippen LogP) is 3.92. The lowest BCUT2D eigenvalue weighted by Crippen LogP contribution is -2.28. The molecule has 2 aromatic carbocycles. The molecule has 4 aromatic rings. The summed E-state index contributed by atoms with van der Waals surface area (Å²) in [6.07, 6.45) is 2.55. The summed E-state index contributed by atoms with van der Waals surface area (Å²) in [6, 6.07) is 13.9. The molecule has 1 N–H and O–H groups in total. The fourth-order valence-corrected chi connectivity index (χ4v) is 3.03. The van der Waals surface area contributed by atoms with E-state index in [0.717, 1.165) is 5.69 Å². The number of rotatable bonds is 4. The molecule has 0 aliphatic carbocycles. The van der Waals surface area contributed by atoms with Crippen LogP contribution in [0, 0.1) is 0 Å². The summed E-state index contributed by atoms with van der Waals surface area (Å²) in [5.41, 5.74) is 3.02. The number of anilines is 2. The summed E-state index contributed by atoms with van der Waals surface area (Å²) >= 11 is 5.92. The van der Waals surface area contributed by atoms with Gasteiger partial charge in [-0.25, -0.2) is 19.7 Å². The summed E-state index contributed by atoms with van der Waals surface area (Å²) in [4.78, 5) is 38.6. The first kappa shape index (κ1) is 20.3. The highest BCUT2D eigenvalue weighted by Crippen LogP contribution is 2.21. The molecule has 0 unspecified atom stereocenters. The maximum absolute atomic E-state index is 12.9. The number of carbonyl (C=O) groups excluding carboxylic acids is 2. The summed E-state index contributed by atoms with van der Waals surface area (Å²) < 4.78 is 6.32. The van der Waals surface area contributed by atoms with Crippen LogP contribution >= 0.6 is 11.6 Å². The van der Waals surface area contributed by atoms with Crippen molar-refractivity contribution in [2.75, 3.05) is 24.4 Å². The SMILES string of the molecule is COC(=O)Nc1ccc(-n2cnc3cnc(C(=O)N(C)c4ccc(Cl)cc4)nc32)cc1. The van der Waals surface area contributed by atoms with Crippen LogP contribution < -0.4 is 10.2 Å². The zero-order valence-electron chi connectivity index (χ0n) is 16.6. The van der Waals surface area contributed by atoms with Crippen molar-refractivity contribution in [1.82, 2.24) is 19.5 Å².